The van der Waals surface area contributed by atoms with Crippen molar-refractivity contribution in [3.63, 3.8) is 0 Å². The maximum Gasteiger partial charge on any atom is 0.343 e. The smallest absolute Gasteiger partial charge is 0.343 e. The average Bonchev–Trinajstić information content (AvgIpc) is 3.54. The van der Waals surface area contributed by atoms with Gasteiger partial charge in [0.05, 0.1) is 29.0 Å². The van der Waals surface area contributed by atoms with Crippen LogP contribution in [-0.4, -0.2) is 40.5 Å². The number of aliphatic hydroxyl groups is 1. The number of nitrogens with zero attached hydrogens (tertiary/aromatic N) is 2. The third-order valence-corrected chi connectivity index (χ3v) is 8.80. The number of pyridine rings is 2. The monoisotopic (exact) mass is 517 g/mol. The van der Waals surface area contributed by atoms with E-state index in [-0.39, 0.29) is 25.4 Å². The Labute approximate surface area is 219 Å². The van der Waals surface area contributed by atoms with E-state index in [1.165, 1.54) is 18.4 Å². The summed E-state index contributed by atoms with van der Waals surface area (Å²) < 4.78 is 18.3. The quantitative estimate of drug-likeness (QED) is 0.389. The van der Waals surface area contributed by atoms with Crippen LogP contribution in [0, 0.1) is 5.92 Å². The van der Waals surface area contributed by atoms with Crippen LogP contribution in [0.3, 0.4) is 0 Å². The third-order valence-electron chi connectivity index (χ3n) is 8.80. The van der Waals surface area contributed by atoms with Gasteiger partial charge in [-0.1, -0.05) is 13.3 Å². The van der Waals surface area contributed by atoms with Gasteiger partial charge in [-0.15, -0.1) is 0 Å². The van der Waals surface area contributed by atoms with Crippen LogP contribution in [-0.2, 0) is 34.7 Å². The Bertz CT molecular complexity index is 1540. The van der Waals surface area contributed by atoms with E-state index in [1.807, 2.05) is 12.1 Å². The number of carbonyl (C=O) groups excluding carboxylic acids is 1. The topological polar surface area (TPSA) is 112 Å². The first-order valence-corrected chi connectivity index (χ1v) is 13.6. The molecule has 1 aromatic carbocycles. The fourth-order valence-corrected chi connectivity index (χ4v) is 6.58. The van der Waals surface area contributed by atoms with E-state index >= 15 is 0 Å². The molecule has 0 aliphatic carbocycles. The van der Waals surface area contributed by atoms with Gasteiger partial charge in [-0.25, -0.2) is 9.78 Å². The molecule has 2 aromatic heterocycles. The molecule has 4 aliphatic heterocycles. The Hall–Kier alpha value is -3.43. The summed E-state index contributed by atoms with van der Waals surface area (Å²) in [6, 6.07) is 5.70. The van der Waals surface area contributed by atoms with Crippen LogP contribution in [0.25, 0.3) is 22.3 Å². The highest BCUT2D eigenvalue weighted by atomic mass is 16.7. The summed E-state index contributed by atoms with van der Waals surface area (Å²) in [7, 11) is 0. The van der Waals surface area contributed by atoms with Crippen molar-refractivity contribution < 1.29 is 24.1 Å². The number of aromatic nitrogens is 2. The van der Waals surface area contributed by atoms with Gasteiger partial charge < -0.3 is 29.2 Å². The standard InChI is InChI=1S/C29H31N3O6/c1-2-29(35)21-11-23-26-19(13-32(23)27(33)20(21)14-36-28(29)34)17(5-3-4-16-6-8-30-9-7-16)18-10-24-25(38-15-37-24)12-22(18)31-26/h10-12,16,30,35H,2-9,13-15H2,1H3/t29-/m0/s1. The highest BCUT2D eigenvalue weighted by Gasteiger charge is 2.45. The van der Waals surface area contributed by atoms with Crippen molar-refractivity contribution in [2.24, 2.45) is 5.92 Å². The molecule has 1 fully saturated rings. The molecule has 7 rings (SSSR count). The second-order valence-corrected chi connectivity index (χ2v) is 10.8. The predicted octanol–water partition coefficient (Wildman–Crippen LogP) is 3.13. The lowest BCUT2D eigenvalue weighted by Gasteiger charge is -2.31. The molecule has 9 nitrogen and oxygen atoms in total. The Morgan fingerprint density at radius 2 is 1.89 bits per heavy atom. The number of hydrogen-bond donors (Lipinski definition) is 2. The van der Waals surface area contributed by atoms with Crippen LogP contribution in [0.2, 0.25) is 0 Å². The number of carbonyl (C=O) groups is 1. The van der Waals surface area contributed by atoms with E-state index < -0.39 is 11.6 Å². The molecule has 0 radical (unpaired) electrons. The molecule has 0 spiro atoms. The number of benzene rings is 1. The van der Waals surface area contributed by atoms with Crippen LogP contribution >= 0.6 is 0 Å². The number of fused-ring (bicyclic) bond motifs is 6. The van der Waals surface area contributed by atoms with Crippen molar-refractivity contribution in [3.8, 4) is 22.9 Å². The zero-order valence-electron chi connectivity index (χ0n) is 21.5. The highest BCUT2D eigenvalue weighted by molar-refractivity contribution is 5.91. The molecule has 6 heterocycles. The number of hydrogen-bond acceptors (Lipinski definition) is 8. The number of ether oxygens (including phenoxy) is 3. The average molecular weight is 518 g/mol. The predicted molar refractivity (Wildman–Crippen MR) is 139 cm³/mol. The lowest BCUT2D eigenvalue weighted by atomic mass is 9.86. The van der Waals surface area contributed by atoms with Crippen molar-refractivity contribution in [2.75, 3.05) is 19.9 Å². The summed E-state index contributed by atoms with van der Waals surface area (Å²) in [5.41, 5.74) is 2.93. The van der Waals surface area contributed by atoms with Gasteiger partial charge in [0.15, 0.2) is 17.1 Å². The molecule has 0 bridgehead atoms. The molecule has 0 unspecified atom stereocenters. The number of piperidine rings is 1. The minimum atomic E-state index is -1.84. The van der Waals surface area contributed by atoms with E-state index in [0.717, 1.165) is 60.4 Å². The number of rotatable bonds is 5. The lowest BCUT2D eigenvalue weighted by molar-refractivity contribution is -0.172. The normalized spacial score (nSPS) is 21.8. The van der Waals surface area contributed by atoms with Crippen LogP contribution in [0.15, 0.2) is 23.0 Å². The summed E-state index contributed by atoms with van der Waals surface area (Å²) in [5, 5.41) is 15.7. The first-order chi connectivity index (χ1) is 18.5. The third kappa shape index (κ3) is 3.48. The molecule has 38 heavy (non-hydrogen) atoms. The van der Waals surface area contributed by atoms with Gasteiger partial charge in [0.1, 0.15) is 6.61 Å². The zero-order valence-corrected chi connectivity index (χ0v) is 21.5. The zero-order chi connectivity index (χ0) is 26.0. The van der Waals surface area contributed by atoms with E-state index in [2.05, 4.69) is 5.32 Å². The highest BCUT2D eigenvalue weighted by Crippen LogP contribution is 2.43. The van der Waals surface area contributed by atoms with E-state index in [9.17, 15) is 14.7 Å². The van der Waals surface area contributed by atoms with Crippen LogP contribution in [0.5, 0.6) is 11.5 Å². The molecule has 1 saturated heterocycles. The van der Waals surface area contributed by atoms with Gasteiger partial charge in [-0.05, 0) is 68.8 Å². The van der Waals surface area contributed by atoms with Crippen molar-refractivity contribution in [3.05, 3.63) is 50.8 Å². The Morgan fingerprint density at radius 3 is 2.68 bits per heavy atom. The summed E-state index contributed by atoms with van der Waals surface area (Å²) in [5.74, 6) is 1.39. The molecule has 198 valence electrons. The van der Waals surface area contributed by atoms with Crippen LogP contribution < -0.4 is 20.3 Å². The maximum absolute atomic E-state index is 13.7. The van der Waals surface area contributed by atoms with Crippen LogP contribution in [0.1, 0.15) is 61.3 Å². The van der Waals surface area contributed by atoms with Gasteiger partial charge >= 0.3 is 5.97 Å². The molecule has 4 aliphatic rings. The van der Waals surface area contributed by atoms with Crippen LogP contribution in [0.4, 0.5) is 0 Å². The Morgan fingerprint density at radius 1 is 1.11 bits per heavy atom. The van der Waals surface area contributed by atoms with E-state index in [4.69, 9.17) is 19.2 Å². The second-order valence-electron chi connectivity index (χ2n) is 10.8. The summed E-state index contributed by atoms with van der Waals surface area (Å²) in [6.07, 6.45) is 5.61. The minimum absolute atomic E-state index is 0.116. The maximum atomic E-state index is 13.7. The Kier molecular flexibility index (Phi) is 5.49. The number of esters is 1. The van der Waals surface area contributed by atoms with Gasteiger partial charge in [0.2, 0.25) is 6.79 Å². The molecule has 0 saturated carbocycles. The molecule has 1 atom stereocenters. The number of nitrogens with one attached hydrogen (secondary N) is 1. The fraction of sp³-hybridized carbons (Fsp3) is 0.483. The van der Waals surface area contributed by atoms with Crippen molar-refractivity contribution in [1.82, 2.24) is 14.9 Å². The second kappa shape index (κ2) is 8.81. The van der Waals surface area contributed by atoms with E-state index in [0.29, 0.717) is 34.9 Å². The van der Waals surface area contributed by atoms with Crippen molar-refractivity contribution >= 4 is 16.9 Å². The number of cyclic esters (lactones) is 1. The van der Waals surface area contributed by atoms with Gasteiger partial charge in [-0.3, -0.25) is 4.79 Å². The molecular formula is C29H31N3O6. The SMILES string of the molecule is CC[C@@]1(O)C(=O)OCc2c1cc1n(c2=O)Cc2c-1nc1cc3c(cc1c2CCCC1CCNCC1)OCO3. The first kappa shape index (κ1) is 23.7. The molecule has 3 aromatic rings. The fourth-order valence-electron chi connectivity index (χ4n) is 6.58. The van der Waals surface area contributed by atoms with Gasteiger partial charge in [0.25, 0.3) is 5.56 Å². The minimum Gasteiger partial charge on any atom is -0.458 e. The first-order valence-electron chi connectivity index (χ1n) is 13.6. The largest absolute Gasteiger partial charge is 0.458 e. The summed E-state index contributed by atoms with van der Waals surface area (Å²) in [4.78, 5) is 31.2. The van der Waals surface area contributed by atoms with Gasteiger partial charge in [0, 0.05) is 22.6 Å². The molecule has 0 amide bonds. The lowest BCUT2D eigenvalue weighted by Crippen LogP contribution is -2.44. The number of aryl methyl sites for hydroxylation is 1. The molecular weight excluding hydrogens is 486 g/mol. The summed E-state index contributed by atoms with van der Waals surface area (Å²) in [6.45, 7) is 4.33. The molecule has 2 N–H and O–H groups in total. The molecule has 9 heteroatoms. The van der Waals surface area contributed by atoms with Crippen molar-refractivity contribution in [1.29, 1.82) is 0 Å². The van der Waals surface area contributed by atoms with Crippen molar-refractivity contribution in [2.45, 2.75) is 64.2 Å². The van der Waals surface area contributed by atoms with E-state index in [1.54, 1.807) is 17.6 Å². The van der Waals surface area contributed by atoms with Gasteiger partial charge in [-0.2, -0.15) is 0 Å². The summed E-state index contributed by atoms with van der Waals surface area (Å²) >= 11 is 0. The Balaban J connectivity index is 1.36.